The molecule has 2 aromatic rings. The van der Waals surface area contributed by atoms with Gasteiger partial charge in [0.25, 0.3) is 0 Å². The molecule has 6 nitrogen and oxygen atoms in total. The molecule has 1 saturated heterocycles. The minimum Gasteiger partial charge on any atom is -0.490 e. The number of hydrogen-bond donors (Lipinski definition) is 1. The summed E-state index contributed by atoms with van der Waals surface area (Å²) in [5, 5.41) is 0. The Kier molecular flexibility index (Phi) is 5.92. The number of sulfone groups is 1. The summed E-state index contributed by atoms with van der Waals surface area (Å²) >= 11 is 0. The average Bonchev–Trinajstić information content (AvgIpc) is 2.97. The summed E-state index contributed by atoms with van der Waals surface area (Å²) in [6.45, 7) is -0.323. The Labute approximate surface area is 204 Å². The molecular formula is C23H22F5NO5S2. The lowest BCUT2D eigenvalue weighted by molar-refractivity contribution is -0.137. The predicted octanol–water partition coefficient (Wildman–Crippen LogP) is 4.15. The first-order valence-electron chi connectivity index (χ1n) is 11.3. The van der Waals surface area contributed by atoms with Crippen molar-refractivity contribution in [1.82, 2.24) is 4.72 Å². The smallest absolute Gasteiger partial charge is 0.416 e. The van der Waals surface area contributed by atoms with Gasteiger partial charge in [-0.2, -0.15) is 13.2 Å². The number of benzene rings is 2. The standard InChI is InChI=1S/C23H22F5NO5S2/c24-17-7-8-18(25)21-20(17)22(36(32,33)14-5-3-13(4-6-14)23(26,27)28)10-9-19-15(16(22)12-34-21)2-1-11-35(30,31)29-19/h3-8,15-16,19,29H,1-2,9-12H2/t15-,16-,19+,22-/m1/s1. The van der Waals surface area contributed by atoms with Crippen LogP contribution in [0.4, 0.5) is 22.0 Å². The van der Waals surface area contributed by atoms with Crippen LogP contribution in [0.5, 0.6) is 5.75 Å². The van der Waals surface area contributed by atoms with Crippen molar-refractivity contribution < 1.29 is 43.5 Å². The van der Waals surface area contributed by atoms with Gasteiger partial charge in [0.2, 0.25) is 10.0 Å². The van der Waals surface area contributed by atoms with Crippen molar-refractivity contribution in [1.29, 1.82) is 0 Å². The van der Waals surface area contributed by atoms with Gasteiger partial charge in [-0.1, -0.05) is 0 Å². The number of halogens is 5. The monoisotopic (exact) mass is 551 g/mol. The molecule has 0 unspecified atom stereocenters. The molecule has 13 heteroatoms. The maximum Gasteiger partial charge on any atom is 0.416 e. The van der Waals surface area contributed by atoms with Gasteiger partial charge in [-0.25, -0.2) is 30.3 Å². The molecule has 1 saturated carbocycles. The molecule has 1 aliphatic carbocycles. The van der Waals surface area contributed by atoms with E-state index in [1.54, 1.807) is 0 Å². The van der Waals surface area contributed by atoms with Gasteiger partial charge < -0.3 is 4.74 Å². The summed E-state index contributed by atoms with van der Waals surface area (Å²) < 4.78 is 129. The molecule has 2 aromatic carbocycles. The van der Waals surface area contributed by atoms with E-state index < -0.39 is 82.1 Å². The van der Waals surface area contributed by atoms with Gasteiger partial charge in [0.05, 0.1) is 28.4 Å². The van der Waals surface area contributed by atoms with Crippen LogP contribution in [-0.4, -0.2) is 35.2 Å². The van der Waals surface area contributed by atoms with Crippen molar-refractivity contribution in [3.8, 4) is 5.75 Å². The summed E-state index contributed by atoms with van der Waals surface area (Å²) in [5.74, 6) is -4.25. The predicted molar refractivity (Wildman–Crippen MR) is 118 cm³/mol. The third-order valence-electron chi connectivity index (χ3n) is 7.60. The van der Waals surface area contributed by atoms with Gasteiger partial charge in [-0.3, -0.25) is 0 Å². The maximum atomic E-state index is 15.4. The molecule has 2 aliphatic heterocycles. The van der Waals surface area contributed by atoms with Crippen LogP contribution in [0, 0.1) is 23.5 Å². The van der Waals surface area contributed by atoms with E-state index in [0.717, 1.165) is 24.3 Å². The number of hydrogen-bond acceptors (Lipinski definition) is 5. The molecule has 0 radical (unpaired) electrons. The summed E-state index contributed by atoms with van der Waals surface area (Å²) in [6, 6.07) is 3.87. The molecule has 2 fully saturated rings. The normalized spacial score (nSPS) is 29.8. The Morgan fingerprint density at radius 1 is 1.00 bits per heavy atom. The van der Waals surface area contributed by atoms with Crippen molar-refractivity contribution in [2.24, 2.45) is 11.8 Å². The highest BCUT2D eigenvalue weighted by molar-refractivity contribution is 7.92. The van der Waals surface area contributed by atoms with Gasteiger partial charge in [0.1, 0.15) is 10.6 Å². The molecule has 36 heavy (non-hydrogen) atoms. The lowest BCUT2D eigenvalue weighted by Crippen LogP contribution is -2.59. The summed E-state index contributed by atoms with van der Waals surface area (Å²) in [5.41, 5.74) is -1.55. The lowest BCUT2D eigenvalue weighted by atomic mass is 9.64. The van der Waals surface area contributed by atoms with E-state index in [1.165, 1.54) is 0 Å². The second-order valence-corrected chi connectivity index (χ2v) is 13.5. The van der Waals surface area contributed by atoms with E-state index in [0.29, 0.717) is 18.6 Å². The number of nitrogens with one attached hydrogen (secondary N) is 1. The van der Waals surface area contributed by atoms with Gasteiger partial charge in [-0.15, -0.1) is 0 Å². The number of ether oxygens (including phenoxy) is 1. The average molecular weight is 552 g/mol. The van der Waals surface area contributed by atoms with E-state index in [4.69, 9.17) is 4.74 Å². The Hall–Kier alpha value is -2.25. The van der Waals surface area contributed by atoms with Crippen LogP contribution in [0.25, 0.3) is 0 Å². The van der Waals surface area contributed by atoms with Crippen LogP contribution < -0.4 is 9.46 Å². The minimum absolute atomic E-state index is 0.00958. The Balaban J connectivity index is 1.72. The zero-order chi connectivity index (χ0) is 26.1. The molecule has 0 amide bonds. The van der Waals surface area contributed by atoms with Crippen molar-refractivity contribution in [2.75, 3.05) is 12.4 Å². The van der Waals surface area contributed by atoms with Crippen molar-refractivity contribution in [3.63, 3.8) is 0 Å². The number of alkyl halides is 3. The summed E-state index contributed by atoms with van der Waals surface area (Å²) in [4.78, 5) is -0.468. The molecule has 3 aliphatic rings. The maximum absolute atomic E-state index is 15.4. The number of rotatable bonds is 2. The fourth-order valence-corrected chi connectivity index (χ4v) is 9.88. The molecule has 0 aromatic heterocycles. The highest BCUT2D eigenvalue weighted by atomic mass is 32.2. The minimum atomic E-state index is -4.70. The molecular weight excluding hydrogens is 529 g/mol. The molecule has 0 bridgehead atoms. The molecule has 2 heterocycles. The van der Waals surface area contributed by atoms with Gasteiger partial charge in [-0.05, 0) is 68.0 Å². The Morgan fingerprint density at radius 3 is 2.33 bits per heavy atom. The topological polar surface area (TPSA) is 89.5 Å². The summed E-state index contributed by atoms with van der Waals surface area (Å²) in [7, 11) is -8.23. The molecule has 4 atom stereocenters. The van der Waals surface area contributed by atoms with Gasteiger partial charge in [0, 0.05) is 12.0 Å². The highest BCUT2D eigenvalue weighted by Gasteiger charge is 2.63. The Morgan fingerprint density at radius 2 is 1.67 bits per heavy atom. The van der Waals surface area contributed by atoms with Crippen molar-refractivity contribution in [2.45, 2.75) is 47.5 Å². The van der Waals surface area contributed by atoms with E-state index in [2.05, 4.69) is 4.72 Å². The highest BCUT2D eigenvalue weighted by Crippen LogP contribution is 2.59. The first-order valence-corrected chi connectivity index (χ1v) is 14.4. The van der Waals surface area contributed by atoms with Crippen LogP contribution in [-0.2, 0) is 30.8 Å². The second-order valence-electron chi connectivity index (χ2n) is 9.45. The SMILES string of the molecule is O=S1(=O)CCC[C@H]2[C@H](CC[C@]3(S(=O)(=O)c4ccc(C(F)(F)F)cc4)c4c(F)ccc(F)c4OC[C@H]23)N1. The fourth-order valence-electron chi connectivity index (χ4n) is 6.05. The van der Waals surface area contributed by atoms with E-state index >= 15 is 4.39 Å². The van der Waals surface area contributed by atoms with Crippen LogP contribution in [0.1, 0.15) is 36.8 Å². The first-order chi connectivity index (χ1) is 16.8. The first kappa shape index (κ1) is 25.4. The van der Waals surface area contributed by atoms with Crippen molar-refractivity contribution >= 4 is 19.9 Å². The van der Waals surface area contributed by atoms with Crippen molar-refractivity contribution in [3.05, 3.63) is 59.2 Å². The van der Waals surface area contributed by atoms with E-state index in [-0.39, 0.29) is 31.6 Å². The van der Waals surface area contributed by atoms with Crippen LogP contribution in [0.3, 0.4) is 0 Å². The third-order valence-corrected chi connectivity index (χ3v) is 11.7. The van der Waals surface area contributed by atoms with Crippen LogP contribution in [0.15, 0.2) is 41.3 Å². The van der Waals surface area contributed by atoms with E-state index in [1.807, 2.05) is 0 Å². The van der Waals surface area contributed by atoms with Gasteiger partial charge in [0.15, 0.2) is 21.4 Å². The molecule has 0 spiro atoms. The van der Waals surface area contributed by atoms with E-state index in [9.17, 15) is 34.4 Å². The third kappa shape index (κ3) is 3.81. The number of fused-ring (bicyclic) bond motifs is 5. The zero-order valence-corrected chi connectivity index (χ0v) is 20.3. The quantitative estimate of drug-likeness (QED) is 0.567. The van der Waals surface area contributed by atoms with Gasteiger partial charge >= 0.3 is 6.18 Å². The zero-order valence-electron chi connectivity index (χ0n) is 18.7. The van der Waals surface area contributed by atoms with Crippen LogP contribution in [0.2, 0.25) is 0 Å². The van der Waals surface area contributed by atoms with Crippen LogP contribution >= 0.6 is 0 Å². The lowest BCUT2D eigenvalue weighted by Gasteiger charge is -2.52. The molecule has 1 N–H and O–H groups in total. The molecule has 196 valence electrons. The summed E-state index contributed by atoms with van der Waals surface area (Å²) in [6.07, 6.45) is -4.44. The number of sulfonamides is 1. The Bertz CT molecular complexity index is 1410. The largest absolute Gasteiger partial charge is 0.490 e. The molecule has 5 rings (SSSR count). The second kappa shape index (κ2) is 8.38. The fraction of sp³-hybridized carbons (Fsp3) is 0.478.